The van der Waals surface area contributed by atoms with E-state index in [0.29, 0.717) is 36.1 Å². The van der Waals surface area contributed by atoms with Crippen LogP contribution in [0.5, 0.6) is 11.5 Å². The molecule has 0 saturated carbocycles. The van der Waals surface area contributed by atoms with E-state index in [2.05, 4.69) is 10.5 Å². The summed E-state index contributed by atoms with van der Waals surface area (Å²) in [6.45, 7) is 3.93. The van der Waals surface area contributed by atoms with Crippen LogP contribution < -0.4 is 20.5 Å². The minimum absolute atomic E-state index is 0.0129. The summed E-state index contributed by atoms with van der Waals surface area (Å²) in [6, 6.07) is 5.01. The number of nitrogen functional groups attached to an aromatic ring is 1. The minimum atomic E-state index is -1.05. The van der Waals surface area contributed by atoms with Gasteiger partial charge in [-0.05, 0) is 26.0 Å². The number of esters is 1. The molecule has 1 aliphatic rings. The van der Waals surface area contributed by atoms with E-state index in [1.165, 1.54) is 6.92 Å². The van der Waals surface area contributed by atoms with Crippen molar-refractivity contribution in [1.82, 2.24) is 5.16 Å². The van der Waals surface area contributed by atoms with Gasteiger partial charge in [-0.3, -0.25) is 4.79 Å². The Balaban J connectivity index is 1.64. The summed E-state index contributed by atoms with van der Waals surface area (Å²) in [5.41, 5.74) is 6.33. The third kappa shape index (κ3) is 3.49. The van der Waals surface area contributed by atoms with Crippen molar-refractivity contribution in [3.63, 3.8) is 0 Å². The highest BCUT2D eigenvalue weighted by Crippen LogP contribution is 2.32. The molecule has 0 radical (unpaired) electrons. The van der Waals surface area contributed by atoms with E-state index in [4.69, 9.17) is 24.5 Å². The zero-order valence-corrected chi connectivity index (χ0v) is 13.7. The van der Waals surface area contributed by atoms with Crippen molar-refractivity contribution in [3.8, 4) is 11.5 Å². The van der Waals surface area contributed by atoms with Crippen molar-refractivity contribution in [2.24, 2.45) is 0 Å². The summed E-state index contributed by atoms with van der Waals surface area (Å²) < 4.78 is 20.7. The molecule has 25 heavy (non-hydrogen) atoms. The standard InChI is InChI=1S/C16H17N3O6/c1-8-13(14(17)25-19-8)16(21)24-9(2)15(20)18-10-3-4-11-12(7-10)23-6-5-22-11/h3-4,7,9H,5-6,17H2,1-2H3,(H,18,20)/t9-/m1/s1. The fraction of sp³-hybridized carbons (Fsp3) is 0.312. The predicted molar refractivity (Wildman–Crippen MR) is 86.6 cm³/mol. The number of nitrogens with one attached hydrogen (secondary N) is 1. The van der Waals surface area contributed by atoms with Gasteiger partial charge in [-0.15, -0.1) is 0 Å². The van der Waals surface area contributed by atoms with Gasteiger partial charge in [0, 0.05) is 11.8 Å². The van der Waals surface area contributed by atoms with Gasteiger partial charge in [-0.25, -0.2) is 4.79 Å². The largest absolute Gasteiger partial charge is 0.486 e. The van der Waals surface area contributed by atoms with E-state index in [-0.39, 0.29) is 11.4 Å². The lowest BCUT2D eigenvalue weighted by Crippen LogP contribution is -2.30. The molecule has 0 fully saturated rings. The predicted octanol–water partition coefficient (Wildman–Crippen LogP) is 1.52. The van der Waals surface area contributed by atoms with Crippen molar-refractivity contribution in [2.45, 2.75) is 20.0 Å². The first-order valence-electron chi connectivity index (χ1n) is 7.59. The summed E-state index contributed by atoms with van der Waals surface area (Å²) in [5, 5.41) is 6.22. The van der Waals surface area contributed by atoms with Gasteiger partial charge in [0.15, 0.2) is 17.6 Å². The Hall–Kier alpha value is -3.23. The number of carbonyl (C=O) groups excluding carboxylic acids is 2. The summed E-state index contributed by atoms with van der Waals surface area (Å²) in [4.78, 5) is 24.3. The molecule has 0 bridgehead atoms. The average molecular weight is 347 g/mol. The van der Waals surface area contributed by atoms with Crippen LogP contribution in [-0.2, 0) is 9.53 Å². The second-order valence-corrected chi connectivity index (χ2v) is 5.40. The van der Waals surface area contributed by atoms with E-state index in [1.54, 1.807) is 25.1 Å². The quantitative estimate of drug-likeness (QED) is 0.797. The molecule has 1 amide bonds. The molecule has 0 saturated heterocycles. The highest BCUT2D eigenvalue weighted by Gasteiger charge is 2.25. The molecule has 1 atom stereocenters. The number of nitrogens with zero attached hydrogens (tertiary/aromatic N) is 1. The van der Waals surface area contributed by atoms with Crippen LogP contribution in [0.25, 0.3) is 0 Å². The number of hydrogen-bond acceptors (Lipinski definition) is 8. The molecular formula is C16H17N3O6. The molecular weight excluding hydrogens is 330 g/mol. The molecule has 9 heteroatoms. The number of anilines is 2. The number of nitrogens with two attached hydrogens (primary N) is 1. The molecule has 9 nitrogen and oxygen atoms in total. The third-order valence-electron chi connectivity index (χ3n) is 3.56. The zero-order chi connectivity index (χ0) is 18.0. The number of hydrogen-bond donors (Lipinski definition) is 2. The topological polar surface area (TPSA) is 126 Å². The number of benzene rings is 1. The second-order valence-electron chi connectivity index (χ2n) is 5.40. The molecule has 2 heterocycles. The Kier molecular flexibility index (Phi) is 4.46. The average Bonchev–Trinajstić information content (AvgIpc) is 2.93. The number of aromatic nitrogens is 1. The van der Waals surface area contributed by atoms with Gasteiger partial charge < -0.3 is 29.8 Å². The normalized spacial score (nSPS) is 13.8. The molecule has 132 valence electrons. The lowest BCUT2D eigenvalue weighted by molar-refractivity contribution is -0.123. The zero-order valence-electron chi connectivity index (χ0n) is 13.7. The number of rotatable bonds is 4. The number of carbonyl (C=O) groups is 2. The Morgan fingerprint density at radius 1 is 1.28 bits per heavy atom. The van der Waals surface area contributed by atoms with Crippen molar-refractivity contribution in [2.75, 3.05) is 24.3 Å². The lowest BCUT2D eigenvalue weighted by atomic mass is 10.2. The Morgan fingerprint density at radius 3 is 2.68 bits per heavy atom. The molecule has 0 spiro atoms. The maximum atomic E-state index is 12.2. The lowest BCUT2D eigenvalue weighted by Gasteiger charge is -2.19. The van der Waals surface area contributed by atoms with E-state index in [9.17, 15) is 9.59 Å². The highest BCUT2D eigenvalue weighted by molar-refractivity contribution is 5.99. The first kappa shape index (κ1) is 16.6. The minimum Gasteiger partial charge on any atom is -0.486 e. The van der Waals surface area contributed by atoms with Crippen molar-refractivity contribution >= 4 is 23.4 Å². The van der Waals surface area contributed by atoms with Crippen LogP contribution in [0.4, 0.5) is 11.6 Å². The SMILES string of the molecule is Cc1noc(N)c1C(=O)O[C@H](C)C(=O)Nc1ccc2c(c1)OCCO2. The molecule has 1 aliphatic heterocycles. The monoisotopic (exact) mass is 347 g/mol. The van der Waals surface area contributed by atoms with E-state index in [0.717, 1.165) is 0 Å². The molecule has 0 unspecified atom stereocenters. The van der Waals surface area contributed by atoms with Gasteiger partial charge in [0.25, 0.3) is 5.91 Å². The van der Waals surface area contributed by atoms with Gasteiger partial charge in [-0.2, -0.15) is 0 Å². The van der Waals surface area contributed by atoms with Crippen LogP contribution in [0.3, 0.4) is 0 Å². The van der Waals surface area contributed by atoms with Crippen LogP contribution in [0.1, 0.15) is 23.0 Å². The number of aryl methyl sites for hydroxylation is 1. The van der Waals surface area contributed by atoms with Crippen LogP contribution in [-0.4, -0.2) is 36.4 Å². The van der Waals surface area contributed by atoms with Gasteiger partial charge >= 0.3 is 5.97 Å². The van der Waals surface area contributed by atoms with Gasteiger partial charge in [-0.1, -0.05) is 5.16 Å². The van der Waals surface area contributed by atoms with Crippen LogP contribution in [0.2, 0.25) is 0 Å². The maximum absolute atomic E-state index is 12.2. The maximum Gasteiger partial charge on any atom is 0.346 e. The summed E-state index contributed by atoms with van der Waals surface area (Å²) >= 11 is 0. The molecule has 1 aromatic carbocycles. The van der Waals surface area contributed by atoms with E-state index in [1.807, 2.05) is 0 Å². The fourth-order valence-electron chi connectivity index (χ4n) is 2.27. The number of fused-ring (bicyclic) bond motifs is 1. The van der Waals surface area contributed by atoms with Crippen molar-refractivity contribution in [3.05, 3.63) is 29.5 Å². The van der Waals surface area contributed by atoms with Gasteiger partial charge in [0.2, 0.25) is 5.88 Å². The smallest absolute Gasteiger partial charge is 0.346 e. The number of ether oxygens (including phenoxy) is 3. The van der Waals surface area contributed by atoms with Gasteiger partial charge in [0.05, 0.1) is 5.69 Å². The Labute approximate surface area is 143 Å². The summed E-state index contributed by atoms with van der Waals surface area (Å²) in [7, 11) is 0. The van der Waals surface area contributed by atoms with Crippen molar-refractivity contribution in [1.29, 1.82) is 0 Å². The third-order valence-corrected chi connectivity index (χ3v) is 3.56. The number of amides is 1. The summed E-state index contributed by atoms with van der Waals surface area (Å²) in [6.07, 6.45) is -1.05. The fourth-order valence-corrected chi connectivity index (χ4v) is 2.27. The van der Waals surface area contributed by atoms with Crippen LogP contribution in [0.15, 0.2) is 22.7 Å². The van der Waals surface area contributed by atoms with E-state index >= 15 is 0 Å². The molecule has 3 rings (SSSR count). The van der Waals surface area contributed by atoms with E-state index < -0.39 is 18.0 Å². The molecule has 2 aromatic rings. The second kappa shape index (κ2) is 6.71. The highest BCUT2D eigenvalue weighted by atomic mass is 16.6. The van der Waals surface area contributed by atoms with Crippen LogP contribution >= 0.6 is 0 Å². The Bertz CT molecular complexity index is 797. The van der Waals surface area contributed by atoms with Crippen molar-refractivity contribution < 1.29 is 28.3 Å². The molecule has 1 aromatic heterocycles. The summed E-state index contributed by atoms with van der Waals surface area (Å²) in [5.74, 6) is -0.274. The first-order valence-corrected chi connectivity index (χ1v) is 7.59. The first-order chi connectivity index (χ1) is 12.0. The molecule has 3 N–H and O–H groups in total. The van der Waals surface area contributed by atoms with Crippen LogP contribution in [0, 0.1) is 6.92 Å². The molecule has 0 aliphatic carbocycles. The van der Waals surface area contributed by atoms with Gasteiger partial charge in [0.1, 0.15) is 18.8 Å². The Morgan fingerprint density at radius 2 is 2.00 bits per heavy atom.